The van der Waals surface area contributed by atoms with Crippen LogP contribution in [0.15, 0.2) is 36.7 Å². The van der Waals surface area contributed by atoms with Crippen LogP contribution in [-0.2, 0) is 4.79 Å². The lowest BCUT2D eigenvalue weighted by atomic mass is 10.0. The van der Waals surface area contributed by atoms with E-state index in [0.717, 1.165) is 38.2 Å². The Morgan fingerprint density at radius 3 is 2.92 bits per heavy atom. The number of imidazole rings is 1. The number of piperidine rings is 1. The fraction of sp³-hybridized carbons (Fsp3) is 0.500. The highest BCUT2D eigenvalue weighted by Crippen LogP contribution is 2.49. The van der Waals surface area contributed by atoms with Crippen LogP contribution in [0.3, 0.4) is 0 Å². The molecule has 1 amide bonds. The maximum atomic E-state index is 12.9. The molecule has 1 aliphatic heterocycles. The summed E-state index contributed by atoms with van der Waals surface area (Å²) < 4.78 is 2.23. The zero-order valence-electron chi connectivity index (χ0n) is 14.5. The lowest BCUT2D eigenvalue weighted by molar-refractivity contribution is -0.134. The summed E-state index contributed by atoms with van der Waals surface area (Å²) in [6.45, 7) is 5.88. The maximum absolute atomic E-state index is 12.9. The van der Waals surface area contributed by atoms with Crippen molar-refractivity contribution < 1.29 is 4.79 Å². The largest absolute Gasteiger partial charge is 0.340 e. The van der Waals surface area contributed by atoms with Crippen molar-refractivity contribution >= 4 is 5.91 Å². The van der Waals surface area contributed by atoms with Crippen molar-refractivity contribution in [3.05, 3.63) is 53.6 Å². The van der Waals surface area contributed by atoms with Crippen molar-refractivity contribution in [1.82, 2.24) is 14.5 Å². The van der Waals surface area contributed by atoms with Crippen LogP contribution in [0.25, 0.3) is 0 Å². The fourth-order valence-corrected chi connectivity index (χ4v) is 4.13. The number of likely N-dealkylation sites (tertiary alicyclic amines) is 1. The van der Waals surface area contributed by atoms with Crippen molar-refractivity contribution in [2.75, 3.05) is 13.1 Å². The topological polar surface area (TPSA) is 38.1 Å². The molecule has 24 heavy (non-hydrogen) atoms. The Balaban J connectivity index is 1.43. The third-order valence-corrected chi connectivity index (χ3v) is 5.54. The van der Waals surface area contributed by atoms with E-state index in [1.54, 1.807) is 0 Å². The molecule has 1 saturated carbocycles. The standard InChI is InChI=1S/C20H25N3O/c1-14-5-3-6-16(11-14)18-12-19(18)20(24)22-9-4-7-17(13-22)23-10-8-21-15(23)2/h3,5-6,8,10-11,17-19H,4,7,9,12-13H2,1-2H3/t17-,18+,19+/m1/s1. The molecule has 4 rings (SSSR count). The van der Waals surface area contributed by atoms with Gasteiger partial charge in [-0.3, -0.25) is 4.79 Å². The van der Waals surface area contributed by atoms with E-state index >= 15 is 0 Å². The summed E-state index contributed by atoms with van der Waals surface area (Å²) in [5.74, 6) is 2.00. The van der Waals surface area contributed by atoms with Gasteiger partial charge in [-0.25, -0.2) is 4.98 Å². The van der Waals surface area contributed by atoms with Crippen molar-refractivity contribution in [2.24, 2.45) is 5.92 Å². The molecule has 3 atom stereocenters. The Morgan fingerprint density at radius 2 is 2.17 bits per heavy atom. The van der Waals surface area contributed by atoms with Gasteiger partial charge in [0.1, 0.15) is 5.82 Å². The first-order chi connectivity index (χ1) is 11.6. The highest BCUT2D eigenvalue weighted by atomic mass is 16.2. The van der Waals surface area contributed by atoms with Crippen molar-refractivity contribution in [1.29, 1.82) is 0 Å². The predicted molar refractivity (Wildman–Crippen MR) is 93.8 cm³/mol. The monoisotopic (exact) mass is 323 g/mol. The van der Waals surface area contributed by atoms with E-state index in [1.165, 1.54) is 11.1 Å². The van der Waals surface area contributed by atoms with E-state index in [2.05, 4.69) is 45.6 Å². The SMILES string of the molecule is Cc1cccc([C@@H]2C[C@@H]2C(=O)N2CCC[C@@H](n3ccnc3C)C2)c1. The predicted octanol–water partition coefficient (Wildman–Crippen LogP) is 3.47. The molecule has 0 radical (unpaired) electrons. The summed E-state index contributed by atoms with van der Waals surface area (Å²) in [5.41, 5.74) is 2.60. The first-order valence-electron chi connectivity index (χ1n) is 8.98. The summed E-state index contributed by atoms with van der Waals surface area (Å²) in [7, 11) is 0. The number of hydrogen-bond acceptors (Lipinski definition) is 2. The van der Waals surface area contributed by atoms with Gasteiger partial charge in [0.25, 0.3) is 0 Å². The molecule has 0 unspecified atom stereocenters. The summed E-state index contributed by atoms with van der Waals surface area (Å²) in [6.07, 6.45) is 7.11. The van der Waals surface area contributed by atoms with Crippen LogP contribution in [0.1, 0.15) is 48.2 Å². The summed E-state index contributed by atoms with van der Waals surface area (Å²) in [4.78, 5) is 19.4. The van der Waals surface area contributed by atoms with Gasteiger partial charge in [0, 0.05) is 31.4 Å². The quantitative estimate of drug-likeness (QED) is 0.867. The minimum absolute atomic E-state index is 0.189. The van der Waals surface area contributed by atoms with Crippen molar-refractivity contribution in [3.63, 3.8) is 0 Å². The average molecular weight is 323 g/mol. The van der Waals surface area contributed by atoms with Crippen LogP contribution in [0.2, 0.25) is 0 Å². The number of carbonyl (C=O) groups excluding carboxylic acids is 1. The van der Waals surface area contributed by atoms with E-state index in [4.69, 9.17) is 0 Å². The van der Waals surface area contributed by atoms with Gasteiger partial charge in [0.2, 0.25) is 5.91 Å². The Kier molecular flexibility index (Phi) is 3.91. The Labute approximate surface area is 143 Å². The number of benzene rings is 1. The minimum atomic E-state index is 0.189. The van der Waals surface area contributed by atoms with Gasteiger partial charge in [-0.15, -0.1) is 0 Å². The third-order valence-electron chi connectivity index (χ3n) is 5.54. The van der Waals surface area contributed by atoms with E-state index in [1.807, 2.05) is 19.3 Å². The number of amides is 1. The molecule has 1 saturated heterocycles. The van der Waals surface area contributed by atoms with Gasteiger partial charge in [-0.05, 0) is 44.6 Å². The number of aryl methyl sites for hydroxylation is 2. The van der Waals surface area contributed by atoms with Crippen LogP contribution < -0.4 is 0 Å². The molecular weight excluding hydrogens is 298 g/mol. The molecular formula is C20H25N3O. The summed E-state index contributed by atoms with van der Waals surface area (Å²) in [5, 5.41) is 0. The molecule has 1 aromatic heterocycles. The van der Waals surface area contributed by atoms with Gasteiger partial charge in [0.05, 0.1) is 6.04 Å². The van der Waals surface area contributed by atoms with E-state index in [0.29, 0.717) is 17.9 Å². The zero-order valence-corrected chi connectivity index (χ0v) is 14.5. The Morgan fingerprint density at radius 1 is 1.29 bits per heavy atom. The first kappa shape index (κ1) is 15.4. The van der Waals surface area contributed by atoms with Gasteiger partial charge < -0.3 is 9.47 Å². The normalized spacial score (nSPS) is 26.4. The smallest absolute Gasteiger partial charge is 0.226 e. The molecule has 0 spiro atoms. The van der Waals surface area contributed by atoms with E-state index in [9.17, 15) is 4.79 Å². The molecule has 4 nitrogen and oxygen atoms in total. The molecule has 2 aromatic rings. The molecule has 1 aromatic carbocycles. The van der Waals surface area contributed by atoms with Gasteiger partial charge in [-0.2, -0.15) is 0 Å². The second-order valence-corrected chi connectivity index (χ2v) is 7.32. The van der Waals surface area contributed by atoms with Crippen molar-refractivity contribution in [3.8, 4) is 0 Å². The number of carbonyl (C=O) groups is 1. The van der Waals surface area contributed by atoms with Crippen LogP contribution in [0.5, 0.6) is 0 Å². The molecule has 2 aliphatic rings. The lowest BCUT2D eigenvalue weighted by Gasteiger charge is -2.34. The maximum Gasteiger partial charge on any atom is 0.226 e. The Hall–Kier alpha value is -2.10. The van der Waals surface area contributed by atoms with Crippen LogP contribution in [-0.4, -0.2) is 33.4 Å². The van der Waals surface area contributed by atoms with Crippen LogP contribution in [0.4, 0.5) is 0 Å². The van der Waals surface area contributed by atoms with Crippen molar-refractivity contribution in [2.45, 2.75) is 45.1 Å². The third kappa shape index (κ3) is 2.85. The number of nitrogens with zero attached hydrogens (tertiary/aromatic N) is 3. The van der Waals surface area contributed by atoms with Gasteiger partial charge in [0.15, 0.2) is 0 Å². The zero-order chi connectivity index (χ0) is 16.7. The second kappa shape index (κ2) is 6.08. The summed E-state index contributed by atoms with van der Waals surface area (Å²) in [6, 6.07) is 8.99. The molecule has 4 heteroatoms. The first-order valence-corrected chi connectivity index (χ1v) is 8.98. The molecule has 1 aliphatic carbocycles. The molecule has 0 N–H and O–H groups in total. The molecule has 2 fully saturated rings. The molecule has 0 bridgehead atoms. The lowest BCUT2D eigenvalue weighted by Crippen LogP contribution is -2.41. The van der Waals surface area contributed by atoms with E-state index < -0.39 is 0 Å². The summed E-state index contributed by atoms with van der Waals surface area (Å²) >= 11 is 0. The number of rotatable bonds is 3. The number of hydrogen-bond donors (Lipinski definition) is 0. The van der Waals surface area contributed by atoms with E-state index in [-0.39, 0.29) is 5.92 Å². The Bertz CT molecular complexity index is 751. The number of aromatic nitrogens is 2. The highest BCUT2D eigenvalue weighted by Gasteiger charge is 2.46. The van der Waals surface area contributed by atoms with Crippen LogP contribution >= 0.6 is 0 Å². The second-order valence-electron chi connectivity index (χ2n) is 7.32. The molecule has 2 heterocycles. The highest BCUT2D eigenvalue weighted by molar-refractivity contribution is 5.83. The minimum Gasteiger partial charge on any atom is -0.340 e. The van der Waals surface area contributed by atoms with Crippen LogP contribution in [0, 0.1) is 19.8 Å². The van der Waals surface area contributed by atoms with Gasteiger partial charge in [-0.1, -0.05) is 29.8 Å². The average Bonchev–Trinajstić information content (AvgIpc) is 3.28. The fourth-order valence-electron chi connectivity index (χ4n) is 4.13. The molecule has 126 valence electrons. The van der Waals surface area contributed by atoms with Gasteiger partial charge >= 0.3 is 0 Å².